The van der Waals surface area contributed by atoms with Crippen LogP contribution in [0.15, 0.2) is 48.5 Å². The van der Waals surface area contributed by atoms with Crippen LogP contribution in [0.2, 0.25) is 13.1 Å². The van der Waals surface area contributed by atoms with Gasteiger partial charge in [-0.2, -0.15) is 0 Å². The van der Waals surface area contributed by atoms with Crippen molar-refractivity contribution in [3.63, 3.8) is 0 Å². The first-order chi connectivity index (χ1) is 11.7. The zero-order valence-corrected chi connectivity index (χ0v) is 18.1. The van der Waals surface area contributed by atoms with Crippen LogP contribution >= 0.6 is 0 Å². The summed E-state index contributed by atoms with van der Waals surface area (Å²) in [6.45, 7) is 13.1. The first kappa shape index (κ1) is 19.9. The molecule has 2 rings (SSSR count). The van der Waals surface area contributed by atoms with E-state index in [9.17, 15) is 9.59 Å². The van der Waals surface area contributed by atoms with Crippen molar-refractivity contribution in [2.24, 2.45) is 0 Å². The van der Waals surface area contributed by atoms with Crippen LogP contribution in [0.3, 0.4) is 0 Å². The molecule has 2 aromatic rings. The van der Waals surface area contributed by atoms with E-state index in [1.807, 2.05) is 22.4 Å². The smallest absolute Gasteiger partial charge is 0.393 e. The lowest BCUT2D eigenvalue weighted by Gasteiger charge is -2.42. The number of hydrogen-bond acceptors (Lipinski definition) is 3. The Hall–Kier alpha value is -1.41. The fraction of sp³-hybridized carbons (Fsp3) is 0.400. The minimum atomic E-state index is -2.64. The number of hydrogen-bond donors (Lipinski definition) is 2. The topological polar surface area (TPSA) is 43.7 Å². The first-order valence-corrected chi connectivity index (χ1v) is 13.2. The Balaban J connectivity index is 2.74. The van der Waals surface area contributed by atoms with Crippen LogP contribution in [-0.4, -0.2) is 27.3 Å². The van der Waals surface area contributed by atoms with Crippen LogP contribution in [-0.2, 0) is 0 Å². The van der Waals surface area contributed by atoms with Gasteiger partial charge in [-0.05, 0) is 41.2 Å². The van der Waals surface area contributed by atoms with Crippen molar-refractivity contribution in [3.8, 4) is 0 Å². The lowest BCUT2D eigenvalue weighted by molar-refractivity contribution is 0.409. The number of benzene rings is 2. The molecule has 2 N–H and O–H groups in total. The summed E-state index contributed by atoms with van der Waals surface area (Å²) in [7, 11) is -4.93. The second-order valence-corrected chi connectivity index (χ2v) is 13.3. The van der Waals surface area contributed by atoms with Crippen LogP contribution in [0.5, 0.6) is 0 Å². The highest BCUT2D eigenvalue weighted by molar-refractivity contribution is 6.99. The van der Waals surface area contributed by atoms with E-state index in [2.05, 4.69) is 71.1 Å². The monoisotopic (exact) mass is 372 g/mol. The zero-order valence-electron chi connectivity index (χ0n) is 16.1. The molecule has 0 aliphatic rings. The molecule has 2 aromatic carbocycles. The molecule has 0 aliphatic heterocycles. The molecular formula is C20H30NO2Si2. The van der Waals surface area contributed by atoms with Gasteiger partial charge >= 0.3 is 9.45 Å². The molecule has 5 heteroatoms. The summed E-state index contributed by atoms with van der Waals surface area (Å²) >= 11 is 0. The molecule has 0 bridgehead atoms. The number of nitrogens with zero attached hydrogens (tertiary/aromatic N) is 1. The van der Waals surface area contributed by atoms with Gasteiger partial charge in [0.1, 0.15) is 0 Å². The Morgan fingerprint density at radius 1 is 0.800 bits per heavy atom. The van der Waals surface area contributed by atoms with Crippen molar-refractivity contribution in [3.05, 3.63) is 59.7 Å². The number of para-hydroxylation sites is 1. The van der Waals surface area contributed by atoms with Gasteiger partial charge in [-0.3, -0.25) is 0 Å². The summed E-state index contributed by atoms with van der Waals surface area (Å²) in [6.07, 6.45) is 0. The molecule has 0 saturated carbocycles. The first-order valence-electron chi connectivity index (χ1n) is 8.91. The zero-order chi connectivity index (χ0) is 18.8. The predicted octanol–water partition coefficient (Wildman–Crippen LogP) is 3.82. The Kier molecular flexibility index (Phi) is 6.27. The maximum Gasteiger partial charge on any atom is 0.514 e. The molecule has 0 amide bonds. The fourth-order valence-corrected chi connectivity index (χ4v) is 8.30. The molecule has 0 fully saturated rings. The summed E-state index contributed by atoms with van der Waals surface area (Å²) in [6, 6.07) is 16.6. The molecule has 0 heterocycles. The Morgan fingerprint density at radius 3 is 1.68 bits per heavy atom. The highest BCUT2D eigenvalue weighted by Gasteiger charge is 2.40. The van der Waals surface area contributed by atoms with Crippen LogP contribution in [0.1, 0.15) is 50.7 Å². The summed E-state index contributed by atoms with van der Waals surface area (Å²) in [5.41, 5.74) is 3.41. The number of rotatable bonds is 6. The third-order valence-electron chi connectivity index (χ3n) is 4.81. The van der Waals surface area contributed by atoms with Crippen molar-refractivity contribution < 1.29 is 9.59 Å². The summed E-state index contributed by atoms with van der Waals surface area (Å²) in [5, 5.41) is 1.20. The molecule has 0 unspecified atom stereocenters. The summed E-state index contributed by atoms with van der Waals surface area (Å²) in [5.74, 6) is 0.635. The molecule has 0 saturated heterocycles. The van der Waals surface area contributed by atoms with Crippen molar-refractivity contribution in [2.45, 2.75) is 52.6 Å². The van der Waals surface area contributed by atoms with Crippen LogP contribution in [0, 0.1) is 0 Å². The Bertz CT molecular complexity index is 674. The van der Waals surface area contributed by atoms with Gasteiger partial charge in [0.15, 0.2) is 8.24 Å². The maximum absolute atomic E-state index is 10.5. The van der Waals surface area contributed by atoms with Crippen molar-refractivity contribution in [2.75, 3.05) is 4.23 Å². The van der Waals surface area contributed by atoms with Gasteiger partial charge in [0.25, 0.3) is 0 Å². The molecular weight excluding hydrogens is 342 g/mol. The van der Waals surface area contributed by atoms with E-state index >= 15 is 0 Å². The standard InChI is InChI=1S/C20H30NO2Si2/c1-15(2)18-13-10-14-19(16(3)4)20(18)21(24(22)23)25(5,6)17-11-8-7-9-12-17/h7-16,22-23H,1-6H3. The van der Waals surface area contributed by atoms with Crippen molar-refractivity contribution in [1.29, 1.82) is 0 Å². The van der Waals surface area contributed by atoms with Crippen molar-refractivity contribution in [1.82, 2.24) is 0 Å². The van der Waals surface area contributed by atoms with E-state index in [1.165, 1.54) is 16.3 Å². The van der Waals surface area contributed by atoms with Gasteiger partial charge in [0.05, 0.1) is 0 Å². The lowest BCUT2D eigenvalue weighted by atomic mass is 9.93. The Morgan fingerprint density at radius 2 is 1.28 bits per heavy atom. The summed E-state index contributed by atoms with van der Waals surface area (Å²) < 4.78 is 1.98. The minimum Gasteiger partial charge on any atom is -0.393 e. The van der Waals surface area contributed by atoms with Gasteiger partial charge in [-0.15, -0.1) is 0 Å². The Labute approximate surface area is 155 Å². The van der Waals surface area contributed by atoms with Crippen LogP contribution < -0.4 is 9.42 Å². The van der Waals surface area contributed by atoms with Crippen LogP contribution in [0.25, 0.3) is 0 Å². The third-order valence-corrected chi connectivity index (χ3v) is 10.8. The predicted molar refractivity (Wildman–Crippen MR) is 111 cm³/mol. The van der Waals surface area contributed by atoms with Gasteiger partial charge in [-0.1, -0.05) is 76.2 Å². The summed E-state index contributed by atoms with van der Waals surface area (Å²) in [4.78, 5) is 21.0. The molecule has 0 aromatic heterocycles. The molecule has 3 nitrogen and oxygen atoms in total. The molecule has 25 heavy (non-hydrogen) atoms. The second-order valence-electron chi connectivity index (χ2n) is 7.65. The lowest BCUT2D eigenvalue weighted by Crippen LogP contribution is -2.64. The van der Waals surface area contributed by atoms with E-state index < -0.39 is 17.7 Å². The normalized spacial score (nSPS) is 12.3. The quantitative estimate of drug-likeness (QED) is 0.758. The minimum absolute atomic E-state index is 0.318. The SMILES string of the molecule is CC(C)c1cccc(C(C)C)c1N([Si](O)O)[Si](C)(C)c1ccccc1. The number of anilines is 1. The molecule has 0 spiro atoms. The molecule has 0 aliphatic carbocycles. The van der Waals surface area contributed by atoms with E-state index in [0.29, 0.717) is 11.8 Å². The van der Waals surface area contributed by atoms with E-state index in [1.54, 1.807) is 0 Å². The molecule has 135 valence electrons. The average molecular weight is 373 g/mol. The maximum atomic E-state index is 10.5. The largest absolute Gasteiger partial charge is 0.514 e. The highest BCUT2D eigenvalue weighted by Crippen LogP contribution is 2.37. The van der Waals surface area contributed by atoms with E-state index in [-0.39, 0.29) is 0 Å². The second kappa shape index (κ2) is 7.87. The van der Waals surface area contributed by atoms with Crippen LogP contribution in [0.4, 0.5) is 5.69 Å². The van der Waals surface area contributed by atoms with E-state index in [4.69, 9.17) is 0 Å². The average Bonchev–Trinajstić information content (AvgIpc) is 2.55. The van der Waals surface area contributed by atoms with Gasteiger partial charge in [0, 0.05) is 5.69 Å². The van der Waals surface area contributed by atoms with E-state index in [0.717, 1.165) is 5.69 Å². The third kappa shape index (κ3) is 4.06. The van der Waals surface area contributed by atoms with Gasteiger partial charge < -0.3 is 13.8 Å². The fourth-order valence-electron chi connectivity index (χ4n) is 3.37. The molecule has 1 radical (unpaired) electrons. The highest BCUT2D eigenvalue weighted by atomic mass is 28.4. The van der Waals surface area contributed by atoms with Gasteiger partial charge in [-0.25, -0.2) is 0 Å². The molecule has 0 atom stereocenters. The van der Waals surface area contributed by atoms with Crippen molar-refractivity contribution >= 4 is 28.6 Å². The van der Waals surface area contributed by atoms with Gasteiger partial charge in [0.2, 0.25) is 0 Å².